The van der Waals surface area contributed by atoms with Crippen LogP contribution in [0.3, 0.4) is 0 Å². The third kappa shape index (κ3) is 8.95. The Morgan fingerprint density at radius 1 is 1.33 bits per heavy atom. The molecule has 0 heterocycles. The summed E-state index contributed by atoms with van der Waals surface area (Å²) >= 11 is 0. The number of carbonyl (C=O) groups excluding carboxylic acids is 1. The van der Waals surface area contributed by atoms with Crippen molar-refractivity contribution >= 4 is 5.97 Å². The van der Waals surface area contributed by atoms with Crippen molar-refractivity contribution in [2.45, 2.75) is 26.2 Å². The number of hydrogen-bond acceptors (Lipinski definition) is 2. The Morgan fingerprint density at radius 2 is 2.00 bits per heavy atom. The van der Waals surface area contributed by atoms with Crippen LogP contribution in [0.5, 0.6) is 0 Å². The number of esters is 1. The lowest BCUT2D eigenvalue weighted by molar-refractivity contribution is -0.140. The second-order valence-electron chi connectivity index (χ2n) is 2.47. The summed E-state index contributed by atoms with van der Waals surface area (Å²) in [4.78, 5) is 10.3. The fraction of sp³-hybridized carbons (Fsp3) is 0.500. The van der Waals surface area contributed by atoms with Crippen LogP contribution in [0, 0.1) is 0 Å². The van der Waals surface area contributed by atoms with Crippen LogP contribution in [0.15, 0.2) is 24.8 Å². The Bertz CT molecular complexity index is 159. The zero-order valence-corrected chi connectivity index (χ0v) is 7.58. The van der Waals surface area contributed by atoms with Gasteiger partial charge in [0, 0.05) is 6.92 Å². The standard InChI is InChI=1S/C10H16O2/c1-3-4-5-6-7-8-9-12-10(2)11/h3,6-7H,1,4-5,8-9H2,2H3/b7-6+. The molecule has 0 fully saturated rings. The molecular weight excluding hydrogens is 152 g/mol. The van der Waals surface area contributed by atoms with E-state index < -0.39 is 0 Å². The first-order valence-electron chi connectivity index (χ1n) is 4.16. The Hall–Kier alpha value is -1.05. The molecule has 0 aliphatic rings. The SMILES string of the molecule is C=CCC/C=C/CCOC(C)=O. The number of carbonyl (C=O) groups is 1. The Labute approximate surface area is 73.9 Å². The van der Waals surface area contributed by atoms with Crippen LogP contribution in [0.25, 0.3) is 0 Å². The first kappa shape index (κ1) is 11.0. The molecule has 0 rings (SSSR count). The van der Waals surface area contributed by atoms with E-state index in [1.807, 2.05) is 12.2 Å². The van der Waals surface area contributed by atoms with Gasteiger partial charge in [0.25, 0.3) is 0 Å². The lowest BCUT2D eigenvalue weighted by Gasteiger charge is -1.96. The molecular formula is C10H16O2. The van der Waals surface area contributed by atoms with E-state index in [2.05, 4.69) is 12.7 Å². The minimum absolute atomic E-state index is 0.213. The highest BCUT2D eigenvalue weighted by Crippen LogP contribution is 1.93. The summed E-state index contributed by atoms with van der Waals surface area (Å²) in [5.41, 5.74) is 0. The second-order valence-corrected chi connectivity index (χ2v) is 2.47. The van der Waals surface area contributed by atoms with Gasteiger partial charge in [-0.2, -0.15) is 0 Å². The van der Waals surface area contributed by atoms with Gasteiger partial charge < -0.3 is 4.74 Å². The predicted molar refractivity (Wildman–Crippen MR) is 49.8 cm³/mol. The van der Waals surface area contributed by atoms with Gasteiger partial charge in [-0.3, -0.25) is 4.79 Å². The van der Waals surface area contributed by atoms with Crippen molar-refractivity contribution in [2.24, 2.45) is 0 Å². The van der Waals surface area contributed by atoms with Crippen LogP contribution in [0.4, 0.5) is 0 Å². The summed E-state index contributed by atoms with van der Waals surface area (Å²) in [5.74, 6) is -0.213. The molecule has 2 nitrogen and oxygen atoms in total. The molecule has 0 bridgehead atoms. The Kier molecular flexibility index (Phi) is 7.35. The van der Waals surface area contributed by atoms with Crippen LogP contribution in [0.1, 0.15) is 26.2 Å². The lowest BCUT2D eigenvalue weighted by Crippen LogP contribution is -1.98. The van der Waals surface area contributed by atoms with Crippen LogP contribution in [-0.2, 0) is 9.53 Å². The molecule has 0 aromatic carbocycles. The van der Waals surface area contributed by atoms with Crippen LogP contribution in [0.2, 0.25) is 0 Å². The first-order valence-corrected chi connectivity index (χ1v) is 4.16. The van der Waals surface area contributed by atoms with Gasteiger partial charge in [0.1, 0.15) is 0 Å². The number of ether oxygens (including phenoxy) is 1. The highest BCUT2D eigenvalue weighted by molar-refractivity contribution is 5.65. The Balaban J connectivity index is 3.13. The van der Waals surface area contributed by atoms with Crippen molar-refractivity contribution in [3.63, 3.8) is 0 Å². The van der Waals surface area contributed by atoms with E-state index in [4.69, 9.17) is 4.74 Å². The number of rotatable bonds is 6. The molecule has 0 radical (unpaired) electrons. The van der Waals surface area contributed by atoms with Gasteiger partial charge in [-0.1, -0.05) is 18.2 Å². The molecule has 0 unspecified atom stereocenters. The van der Waals surface area contributed by atoms with E-state index in [0.29, 0.717) is 6.61 Å². The molecule has 0 aliphatic heterocycles. The van der Waals surface area contributed by atoms with Gasteiger partial charge in [-0.15, -0.1) is 6.58 Å². The quantitative estimate of drug-likeness (QED) is 0.346. The molecule has 0 aliphatic carbocycles. The fourth-order valence-corrected chi connectivity index (χ4v) is 0.720. The van der Waals surface area contributed by atoms with Crippen molar-refractivity contribution in [2.75, 3.05) is 6.61 Å². The molecule has 0 aromatic rings. The van der Waals surface area contributed by atoms with Crippen molar-refractivity contribution < 1.29 is 9.53 Å². The summed E-state index contributed by atoms with van der Waals surface area (Å²) in [7, 11) is 0. The molecule has 0 spiro atoms. The first-order chi connectivity index (χ1) is 5.77. The minimum atomic E-state index is -0.213. The predicted octanol–water partition coefficient (Wildman–Crippen LogP) is 2.46. The van der Waals surface area contributed by atoms with E-state index in [0.717, 1.165) is 19.3 Å². The zero-order chi connectivity index (χ0) is 9.23. The van der Waals surface area contributed by atoms with Crippen molar-refractivity contribution in [1.29, 1.82) is 0 Å². The molecule has 0 amide bonds. The molecule has 0 saturated carbocycles. The van der Waals surface area contributed by atoms with Gasteiger partial charge >= 0.3 is 5.97 Å². The minimum Gasteiger partial charge on any atom is -0.466 e. The molecule has 0 aromatic heterocycles. The van der Waals surface area contributed by atoms with Crippen molar-refractivity contribution in [3.8, 4) is 0 Å². The maximum Gasteiger partial charge on any atom is 0.302 e. The van der Waals surface area contributed by atoms with Crippen LogP contribution < -0.4 is 0 Å². The molecule has 0 saturated heterocycles. The topological polar surface area (TPSA) is 26.3 Å². The van der Waals surface area contributed by atoms with E-state index in [1.165, 1.54) is 6.92 Å². The summed E-state index contributed by atoms with van der Waals surface area (Å²) in [6, 6.07) is 0. The van der Waals surface area contributed by atoms with Gasteiger partial charge in [-0.25, -0.2) is 0 Å². The average molecular weight is 168 g/mol. The van der Waals surface area contributed by atoms with E-state index >= 15 is 0 Å². The third-order valence-corrected chi connectivity index (χ3v) is 1.29. The highest BCUT2D eigenvalue weighted by atomic mass is 16.5. The molecule has 0 atom stereocenters. The van der Waals surface area contributed by atoms with Crippen LogP contribution in [-0.4, -0.2) is 12.6 Å². The van der Waals surface area contributed by atoms with E-state index in [-0.39, 0.29) is 5.97 Å². The lowest BCUT2D eigenvalue weighted by atomic mass is 10.2. The maximum atomic E-state index is 10.3. The van der Waals surface area contributed by atoms with Crippen LogP contribution >= 0.6 is 0 Å². The normalized spacial score (nSPS) is 10.1. The molecule has 68 valence electrons. The fourth-order valence-electron chi connectivity index (χ4n) is 0.720. The number of unbranched alkanes of at least 4 members (excludes halogenated alkanes) is 1. The Morgan fingerprint density at radius 3 is 2.58 bits per heavy atom. The number of hydrogen-bond donors (Lipinski definition) is 0. The molecule has 2 heteroatoms. The molecule has 0 N–H and O–H groups in total. The van der Waals surface area contributed by atoms with E-state index in [9.17, 15) is 4.79 Å². The average Bonchev–Trinajstić information content (AvgIpc) is 2.02. The largest absolute Gasteiger partial charge is 0.466 e. The summed E-state index contributed by atoms with van der Waals surface area (Å²) in [5, 5.41) is 0. The summed E-state index contributed by atoms with van der Waals surface area (Å²) in [6.45, 7) is 5.52. The summed E-state index contributed by atoms with van der Waals surface area (Å²) in [6.07, 6.45) is 8.80. The van der Waals surface area contributed by atoms with Gasteiger partial charge in [0.05, 0.1) is 6.61 Å². The second kappa shape index (κ2) is 8.05. The highest BCUT2D eigenvalue weighted by Gasteiger charge is 1.87. The monoisotopic (exact) mass is 168 g/mol. The summed E-state index contributed by atoms with van der Waals surface area (Å²) < 4.78 is 4.74. The third-order valence-electron chi connectivity index (χ3n) is 1.29. The van der Waals surface area contributed by atoms with Gasteiger partial charge in [0.2, 0.25) is 0 Å². The van der Waals surface area contributed by atoms with Crippen molar-refractivity contribution in [3.05, 3.63) is 24.8 Å². The maximum absolute atomic E-state index is 10.3. The van der Waals surface area contributed by atoms with Gasteiger partial charge in [0.15, 0.2) is 0 Å². The van der Waals surface area contributed by atoms with Gasteiger partial charge in [-0.05, 0) is 19.3 Å². The molecule has 12 heavy (non-hydrogen) atoms. The van der Waals surface area contributed by atoms with Crippen molar-refractivity contribution in [1.82, 2.24) is 0 Å². The van der Waals surface area contributed by atoms with E-state index in [1.54, 1.807) is 0 Å². The smallest absolute Gasteiger partial charge is 0.302 e. The number of allylic oxidation sites excluding steroid dienone is 2. The zero-order valence-electron chi connectivity index (χ0n) is 7.58.